The molecule has 60 valence electrons. The number of rotatable bonds is 3. The first-order valence-electron chi connectivity index (χ1n) is 3.09. The molecule has 0 aliphatic heterocycles. The summed E-state index contributed by atoms with van der Waals surface area (Å²) in [4.78, 5) is 10.6. The van der Waals surface area contributed by atoms with Gasteiger partial charge in [-0.2, -0.15) is 5.26 Å². The Kier molecular flexibility index (Phi) is 3.93. The molecule has 0 bridgehead atoms. The van der Waals surface area contributed by atoms with Gasteiger partial charge in [0.2, 0.25) is 6.29 Å². The molecule has 0 saturated carbocycles. The lowest BCUT2D eigenvalue weighted by atomic mass is 10.3. The number of carbonyl (C=O) groups is 1. The van der Waals surface area contributed by atoms with Gasteiger partial charge in [0, 0.05) is 6.42 Å². The summed E-state index contributed by atoms with van der Waals surface area (Å²) in [6.45, 7) is 4.76. The van der Waals surface area contributed by atoms with Crippen LogP contribution in [-0.4, -0.2) is 17.4 Å². The van der Waals surface area contributed by atoms with Crippen molar-refractivity contribution in [1.29, 1.82) is 5.26 Å². The third-order valence-electron chi connectivity index (χ3n) is 0.974. The Hall–Kier alpha value is -1.34. The highest BCUT2D eigenvalue weighted by Gasteiger charge is 2.11. The zero-order valence-corrected chi connectivity index (χ0v) is 6.20. The molecule has 0 saturated heterocycles. The van der Waals surface area contributed by atoms with E-state index in [0.29, 0.717) is 6.42 Å². The number of carbonyl (C=O) groups excluding carboxylic acids is 1. The number of esters is 1. The van der Waals surface area contributed by atoms with E-state index >= 15 is 0 Å². The van der Waals surface area contributed by atoms with Gasteiger partial charge in [-0.3, -0.25) is 0 Å². The van der Waals surface area contributed by atoms with Crippen LogP contribution in [-0.2, 0) is 9.53 Å². The van der Waals surface area contributed by atoms with Gasteiger partial charge in [0.1, 0.15) is 11.6 Å². The standard InChI is InChI=1S/C7H9NO3/c1-3-6(9)11-7(10)5(2)4-8/h6,9H,2-3H2,1H3. The van der Waals surface area contributed by atoms with Gasteiger partial charge in [-0.05, 0) is 0 Å². The molecule has 1 atom stereocenters. The van der Waals surface area contributed by atoms with Crippen LogP contribution in [0.25, 0.3) is 0 Å². The zero-order chi connectivity index (χ0) is 8.85. The van der Waals surface area contributed by atoms with Crippen molar-refractivity contribution in [2.45, 2.75) is 19.6 Å². The molecule has 0 rings (SSSR count). The summed E-state index contributed by atoms with van der Waals surface area (Å²) >= 11 is 0. The fraction of sp³-hybridized carbons (Fsp3) is 0.429. The minimum atomic E-state index is -1.15. The molecule has 0 fully saturated rings. The van der Waals surface area contributed by atoms with E-state index in [1.807, 2.05) is 0 Å². The van der Waals surface area contributed by atoms with Crippen LogP contribution in [0.15, 0.2) is 12.2 Å². The Morgan fingerprint density at radius 2 is 2.45 bits per heavy atom. The largest absolute Gasteiger partial charge is 0.432 e. The molecular formula is C7H9NO3. The van der Waals surface area contributed by atoms with Gasteiger partial charge in [0.05, 0.1) is 0 Å². The highest BCUT2D eigenvalue weighted by atomic mass is 16.6. The maximum atomic E-state index is 10.6. The number of ether oxygens (including phenoxy) is 1. The fourth-order valence-corrected chi connectivity index (χ4v) is 0.324. The number of hydrogen-bond donors (Lipinski definition) is 1. The third kappa shape index (κ3) is 3.38. The monoisotopic (exact) mass is 155 g/mol. The molecule has 0 aromatic rings. The normalized spacial score (nSPS) is 11.4. The van der Waals surface area contributed by atoms with Crippen LogP contribution in [0, 0.1) is 11.3 Å². The van der Waals surface area contributed by atoms with Crippen molar-refractivity contribution in [3.63, 3.8) is 0 Å². The van der Waals surface area contributed by atoms with E-state index in [2.05, 4.69) is 11.3 Å². The van der Waals surface area contributed by atoms with Crippen molar-refractivity contribution < 1.29 is 14.6 Å². The van der Waals surface area contributed by atoms with Crippen molar-refractivity contribution in [2.24, 2.45) is 0 Å². The van der Waals surface area contributed by atoms with Crippen LogP contribution in [0.2, 0.25) is 0 Å². The molecule has 11 heavy (non-hydrogen) atoms. The van der Waals surface area contributed by atoms with E-state index in [-0.39, 0.29) is 5.57 Å². The van der Waals surface area contributed by atoms with Gasteiger partial charge >= 0.3 is 5.97 Å². The summed E-state index contributed by atoms with van der Waals surface area (Å²) in [6.07, 6.45) is -0.850. The summed E-state index contributed by atoms with van der Waals surface area (Å²) in [6, 6.07) is 1.51. The van der Waals surface area contributed by atoms with Crippen LogP contribution >= 0.6 is 0 Å². The number of hydrogen-bond acceptors (Lipinski definition) is 4. The van der Waals surface area contributed by atoms with Crippen LogP contribution < -0.4 is 0 Å². The molecule has 0 spiro atoms. The molecular weight excluding hydrogens is 146 g/mol. The zero-order valence-electron chi connectivity index (χ0n) is 6.20. The van der Waals surface area contributed by atoms with Crippen LogP contribution in [0.1, 0.15) is 13.3 Å². The van der Waals surface area contributed by atoms with Gasteiger partial charge < -0.3 is 9.84 Å². The Bertz CT molecular complexity index is 204. The quantitative estimate of drug-likeness (QED) is 0.276. The Morgan fingerprint density at radius 3 is 2.82 bits per heavy atom. The van der Waals surface area contributed by atoms with Gasteiger partial charge in [0.25, 0.3) is 0 Å². The van der Waals surface area contributed by atoms with Gasteiger partial charge in [0.15, 0.2) is 0 Å². The first-order valence-corrected chi connectivity index (χ1v) is 3.09. The number of nitriles is 1. The molecule has 0 amide bonds. The maximum Gasteiger partial charge on any atom is 0.350 e. The Labute approximate surface area is 64.7 Å². The van der Waals surface area contributed by atoms with E-state index in [1.54, 1.807) is 6.92 Å². The fourth-order valence-electron chi connectivity index (χ4n) is 0.324. The molecule has 1 unspecified atom stereocenters. The third-order valence-corrected chi connectivity index (χ3v) is 0.974. The average molecular weight is 155 g/mol. The molecule has 0 aliphatic rings. The van der Waals surface area contributed by atoms with Crippen LogP contribution in [0.4, 0.5) is 0 Å². The highest BCUT2D eigenvalue weighted by Crippen LogP contribution is 1.98. The van der Waals surface area contributed by atoms with Crippen molar-refractivity contribution in [3.05, 3.63) is 12.2 Å². The van der Waals surface area contributed by atoms with Crippen LogP contribution in [0.5, 0.6) is 0 Å². The molecule has 0 aromatic heterocycles. The Balaban J connectivity index is 3.90. The lowest BCUT2D eigenvalue weighted by molar-refractivity contribution is -0.162. The molecule has 0 aliphatic carbocycles. The van der Waals surface area contributed by atoms with E-state index in [9.17, 15) is 4.79 Å². The van der Waals surface area contributed by atoms with Crippen molar-refractivity contribution in [3.8, 4) is 6.07 Å². The summed E-state index contributed by atoms with van der Waals surface area (Å²) in [7, 11) is 0. The van der Waals surface area contributed by atoms with Crippen molar-refractivity contribution >= 4 is 5.97 Å². The summed E-state index contributed by atoms with van der Waals surface area (Å²) in [5.74, 6) is -0.873. The topological polar surface area (TPSA) is 70.3 Å². The van der Waals surface area contributed by atoms with Gasteiger partial charge in [-0.15, -0.1) is 0 Å². The molecule has 0 aromatic carbocycles. The second-order valence-corrected chi connectivity index (χ2v) is 1.86. The number of aliphatic hydroxyl groups is 1. The highest BCUT2D eigenvalue weighted by molar-refractivity contribution is 5.91. The number of nitrogens with zero attached hydrogens (tertiary/aromatic N) is 1. The van der Waals surface area contributed by atoms with Gasteiger partial charge in [-0.25, -0.2) is 4.79 Å². The van der Waals surface area contributed by atoms with Crippen LogP contribution in [0.3, 0.4) is 0 Å². The van der Waals surface area contributed by atoms with E-state index in [1.165, 1.54) is 6.07 Å². The van der Waals surface area contributed by atoms with E-state index < -0.39 is 12.3 Å². The second-order valence-electron chi connectivity index (χ2n) is 1.86. The molecule has 0 radical (unpaired) electrons. The SMILES string of the molecule is C=C(C#N)C(=O)OC(O)CC. The van der Waals surface area contributed by atoms with E-state index in [0.717, 1.165) is 0 Å². The lowest BCUT2D eigenvalue weighted by Crippen LogP contribution is -2.17. The summed E-state index contributed by atoms with van der Waals surface area (Å²) in [5.41, 5.74) is -0.308. The minimum Gasteiger partial charge on any atom is -0.432 e. The van der Waals surface area contributed by atoms with Crippen molar-refractivity contribution in [2.75, 3.05) is 0 Å². The predicted octanol–water partition coefficient (Wildman–Crippen LogP) is 0.338. The van der Waals surface area contributed by atoms with Crippen molar-refractivity contribution in [1.82, 2.24) is 0 Å². The minimum absolute atomic E-state index is 0.296. The number of aliphatic hydroxyl groups excluding tert-OH is 1. The molecule has 1 N–H and O–H groups in total. The Morgan fingerprint density at radius 1 is 1.91 bits per heavy atom. The van der Waals surface area contributed by atoms with Gasteiger partial charge in [-0.1, -0.05) is 13.5 Å². The molecule has 4 heteroatoms. The predicted molar refractivity (Wildman–Crippen MR) is 37.1 cm³/mol. The summed E-state index contributed by atoms with van der Waals surface area (Å²) in [5, 5.41) is 16.9. The molecule has 0 heterocycles. The first kappa shape index (κ1) is 9.66. The lowest BCUT2D eigenvalue weighted by Gasteiger charge is -2.07. The molecule has 4 nitrogen and oxygen atoms in total. The first-order chi connectivity index (χ1) is 5.11. The second kappa shape index (κ2) is 4.47. The maximum absolute atomic E-state index is 10.6. The van der Waals surface area contributed by atoms with E-state index in [4.69, 9.17) is 10.4 Å². The summed E-state index contributed by atoms with van der Waals surface area (Å²) < 4.78 is 4.35. The average Bonchev–Trinajstić information content (AvgIpc) is 2.02. The smallest absolute Gasteiger partial charge is 0.350 e.